The first-order chi connectivity index (χ1) is 14.5. The standard InChI is InChI=1S/C23H21BrN2O3S/c1-3-29-23(28)20-19-18(14(2)30-20)22(27)26(13-15-7-5-4-6-8-15)21(25-19)16-9-11-17(24)12-10-16/h4-12,21,25H,3,13H2,1-2H3/t21-/m1/s1. The third-order valence-electron chi connectivity index (χ3n) is 4.99. The van der Waals surface area contributed by atoms with Gasteiger partial charge in [0.25, 0.3) is 5.91 Å². The van der Waals surface area contributed by atoms with Crippen molar-refractivity contribution in [3.8, 4) is 0 Å². The molecule has 0 bridgehead atoms. The summed E-state index contributed by atoms with van der Waals surface area (Å²) in [4.78, 5) is 29.2. The SMILES string of the molecule is CCOC(=O)c1sc(C)c2c1N[C@@H](c1ccc(Br)cc1)N(Cc1ccccc1)C2=O. The first-order valence-electron chi connectivity index (χ1n) is 9.67. The highest BCUT2D eigenvalue weighted by molar-refractivity contribution is 9.10. The van der Waals surface area contributed by atoms with Gasteiger partial charge in [-0.25, -0.2) is 4.79 Å². The fraction of sp³-hybridized carbons (Fsp3) is 0.217. The Hall–Kier alpha value is -2.64. The molecule has 0 aliphatic carbocycles. The summed E-state index contributed by atoms with van der Waals surface area (Å²) in [5.41, 5.74) is 3.09. The lowest BCUT2D eigenvalue weighted by Gasteiger charge is -2.37. The normalized spacial score (nSPS) is 15.5. The van der Waals surface area contributed by atoms with Gasteiger partial charge in [0.1, 0.15) is 11.0 Å². The number of nitrogens with one attached hydrogen (secondary N) is 1. The molecule has 0 fully saturated rings. The maximum Gasteiger partial charge on any atom is 0.350 e. The molecule has 0 spiro atoms. The number of esters is 1. The van der Waals surface area contributed by atoms with Gasteiger partial charge in [-0.05, 0) is 37.1 Å². The van der Waals surface area contributed by atoms with Crippen LogP contribution in [0.15, 0.2) is 59.1 Å². The average molecular weight is 485 g/mol. The Morgan fingerprint density at radius 1 is 1.17 bits per heavy atom. The summed E-state index contributed by atoms with van der Waals surface area (Å²) in [5.74, 6) is -0.497. The number of ether oxygens (including phenoxy) is 1. The molecular weight excluding hydrogens is 464 g/mol. The zero-order valence-electron chi connectivity index (χ0n) is 16.6. The Labute approximate surface area is 187 Å². The molecular formula is C23H21BrN2O3S. The van der Waals surface area contributed by atoms with Gasteiger partial charge in [0.2, 0.25) is 0 Å². The molecule has 30 heavy (non-hydrogen) atoms. The molecule has 3 aromatic rings. The Kier molecular flexibility index (Phi) is 5.92. The number of amides is 1. The van der Waals surface area contributed by atoms with E-state index in [0.29, 0.717) is 22.7 Å². The molecule has 7 heteroatoms. The minimum absolute atomic E-state index is 0.0928. The number of benzene rings is 2. The number of halogens is 1. The van der Waals surface area contributed by atoms with Crippen LogP contribution in [0, 0.1) is 6.92 Å². The van der Waals surface area contributed by atoms with Crippen molar-refractivity contribution in [3.63, 3.8) is 0 Å². The number of thiophene rings is 1. The van der Waals surface area contributed by atoms with Crippen molar-refractivity contribution in [2.24, 2.45) is 0 Å². The summed E-state index contributed by atoms with van der Waals surface area (Å²) in [6, 6.07) is 17.7. The lowest BCUT2D eigenvalue weighted by molar-refractivity contribution is 0.0532. The predicted octanol–water partition coefficient (Wildman–Crippen LogP) is 5.76. The minimum Gasteiger partial charge on any atom is -0.462 e. The van der Waals surface area contributed by atoms with Crippen LogP contribution < -0.4 is 5.32 Å². The smallest absolute Gasteiger partial charge is 0.350 e. The van der Waals surface area contributed by atoms with E-state index in [1.54, 1.807) is 6.92 Å². The molecule has 1 N–H and O–H groups in total. The van der Waals surface area contributed by atoms with Gasteiger partial charge in [0.15, 0.2) is 0 Å². The first-order valence-corrected chi connectivity index (χ1v) is 11.3. The summed E-state index contributed by atoms with van der Waals surface area (Å²) in [6.45, 7) is 4.38. The number of hydrogen-bond donors (Lipinski definition) is 1. The highest BCUT2D eigenvalue weighted by Gasteiger charge is 2.38. The van der Waals surface area contributed by atoms with E-state index in [2.05, 4.69) is 21.2 Å². The van der Waals surface area contributed by atoms with Crippen molar-refractivity contribution in [2.75, 3.05) is 11.9 Å². The highest BCUT2D eigenvalue weighted by Crippen LogP contribution is 2.42. The molecule has 1 aromatic heterocycles. The maximum atomic E-state index is 13.6. The molecule has 2 heterocycles. The number of aryl methyl sites for hydroxylation is 1. The van der Waals surface area contributed by atoms with Crippen molar-refractivity contribution < 1.29 is 14.3 Å². The highest BCUT2D eigenvalue weighted by atomic mass is 79.9. The van der Waals surface area contributed by atoms with Gasteiger partial charge in [-0.2, -0.15) is 0 Å². The molecule has 4 rings (SSSR count). The van der Waals surface area contributed by atoms with E-state index in [4.69, 9.17) is 4.74 Å². The molecule has 1 atom stereocenters. The van der Waals surface area contributed by atoms with Crippen molar-refractivity contribution >= 4 is 44.8 Å². The van der Waals surface area contributed by atoms with Gasteiger partial charge in [-0.3, -0.25) is 4.79 Å². The quantitative estimate of drug-likeness (QED) is 0.467. The molecule has 0 unspecified atom stereocenters. The van der Waals surface area contributed by atoms with Crippen LogP contribution in [0.4, 0.5) is 5.69 Å². The average Bonchev–Trinajstić information content (AvgIpc) is 3.08. The van der Waals surface area contributed by atoms with E-state index >= 15 is 0 Å². The lowest BCUT2D eigenvalue weighted by atomic mass is 10.0. The number of anilines is 1. The molecule has 1 amide bonds. The molecule has 0 radical (unpaired) electrons. The fourth-order valence-corrected chi connectivity index (χ4v) is 4.87. The van der Waals surface area contributed by atoms with E-state index in [9.17, 15) is 9.59 Å². The van der Waals surface area contributed by atoms with Crippen LogP contribution in [0.2, 0.25) is 0 Å². The summed E-state index contributed by atoms with van der Waals surface area (Å²) in [7, 11) is 0. The largest absolute Gasteiger partial charge is 0.462 e. The summed E-state index contributed by atoms with van der Waals surface area (Å²) in [5, 5.41) is 3.46. The lowest BCUT2D eigenvalue weighted by Crippen LogP contribution is -2.42. The van der Waals surface area contributed by atoms with E-state index in [0.717, 1.165) is 20.5 Å². The molecule has 0 saturated carbocycles. The summed E-state index contributed by atoms with van der Waals surface area (Å²) in [6.07, 6.45) is -0.402. The zero-order chi connectivity index (χ0) is 21.3. The topological polar surface area (TPSA) is 58.6 Å². The van der Waals surface area contributed by atoms with Gasteiger partial charge < -0.3 is 15.0 Å². The molecule has 154 valence electrons. The number of rotatable bonds is 5. The third kappa shape index (κ3) is 3.87. The second-order valence-electron chi connectivity index (χ2n) is 6.97. The van der Waals surface area contributed by atoms with Gasteiger partial charge in [-0.15, -0.1) is 11.3 Å². The molecule has 1 aliphatic heterocycles. The number of nitrogens with zero attached hydrogens (tertiary/aromatic N) is 1. The van der Waals surface area contributed by atoms with Gasteiger partial charge in [0, 0.05) is 15.9 Å². The maximum absolute atomic E-state index is 13.6. The van der Waals surface area contributed by atoms with Crippen LogP contribution in [0.1, 0.15) is 49.1 Å². The van der Waals surface area contributed by atoms with Crippen LogP contribution in [-0.2, 0) is 11.3 Å². The number of fused-ring (bicyclic) bond motifs is 1. The van der Waals surface area contributed by atoms with Crippen LogP contribution in [0.25, 0.3) is 0 Å². The molecule has 2 aromatic carbocycles. The Balaban J connectivity index is 1.80. The first kappa shape index (κ1) is 20.6. The second-order valence-corrected chi connectivity index (χ2v) is 9.12. The van der Waals surface area contributed by atoms with Gasteiger partial charge in [-0.1, -0.05) is 58.4 Å². The van der Waals surface area contributed by atoms with Crippen molar-refractivity contribution in [1.82, 2.24) is 4.90 Å². The van der Waals surface area contributed by atoms with Crippen LogP contribution in [0.3, 0.4) is 0 Å². The van der Waals surface area contributed by atoms with Crippen molar-refractivity contribution in [3.05, 3.63) is 85.5 Å². The number of hydrogen-bond acceptors (Lipinski definition) is 5. The predicted molar refractivity (Wildman–Crippen MR) is 122 cm³/mol. The van der Waals surface area contributed by atoms with Gasteiger partial charge in [0.05, 0.1) is 17.9 Å². The van der Waals surface area contributed by atoms with Crippen molar-refractivity contribution in [2.45, 2.75) is 26.6 Å². The summed E-state index contributed by atoms with van der Waals surface area (Å²) >= 11 is 4.76. The van der Waals surface area contributed by atoms with Crippen LogP contribution in [0.5, 0.6) is 0 Å². The Morgan fingerprint density at radius 2 is 1.87 bits per heavy atom. The van der Waals surface area contributed by atoms with E-state index in [-0.39, 0.29) is 12.5 Å². The van der Waals surface area contributed by atoms with Crippen LogP contribution in [-0.4, -0.2) is 23.4 Å². The van der Waals surface area contributed by atoms with Crippen molar-refractivity contribution in [1.29, 1.82) is 0 Å². The molecule has 0 saturated heterocycles. The van der Waals surface area contributed by atoms with Gasteiger partial charge >= 0.3 is 5.97 Å². The fourth-order valence-electron chi connectivity index (χ4n) is 3.61. The minimum atomic E-state index is -0.404. The van der Waals surface area contributed by atoms with Crippen LogP contribution >= 0.6 is 27.3 Å². The Morgan fingerprint density at radius 3 is 2.53 bits per heavy atom. The second kappa shape index (κ2) is 8.62. The van der Waals surface area contributed by atoms with E-state index < -0.39 is 12.1 Å². The third-order valence-corrected chi connectivity index (χ3v) is 6.61. The monoisotopic (exact) mass is 484 g/mol. The number of carbonyl (C=O) groups is 2. The Bertz CT molecular complexity index is 1080. The zero-order valence-corrected chi connectivity index (χ0v) is 19.0. The van der Waals surface area contributed by atoms with E-state index in [1.807, 2.05) is 66.4 Å². The number of carbonyl (C=O) groups excluding carboxylic acids is 2. The molecule has 1 aliphatic rings. The summed E-state index contributed by atoms with van der Waals surface area (Å²) < 4.78 is 6.18. The molecule has 5 nitrogen and oxygen atoms in total. The van der Waals surface area contributed by atoms with E-state index in [1.165, 1.54) is 11.3 Å².